The quantitative estimate of drug-likeness (QED) is 0.629. The van der Waals surface area contributed by atoms with Crippen LogP contribution in [0.15, 0.2) is 0 Å². The van der Waals surface area contributed by atoms with E-state index in [0.717, 1.165) is 12.3 Å². The van der Waals surface area contributed by atoms with Crippen LogP contribution in [0.1, 0.15) is 32.1 Å². The van der Waals surface area contributed by atoms with E-state index in [0.29, 0.717) is 19.6 Å². The van der Waals surface area contributed by atoms with Crippen LogP contribution in [0, 0.1) is 5.92 Å². The van der Waals surface area contributed by atoms with Gasteiger partial charge in [0.15, 0.2) is 0 Å². The van der Waals surface area contributed by atoms with Crippen LogP contribution in [-0.2, 0) is 9.53 Å². The summed E-state index contributed by atoms with van der Waals surface area (Å²) >= 11 is 0. The van der Waals surface area contributed by atoms with E-state index in [1.54, 1.807) is 0 Å². The van der Waals surface area contributed by atoms with Crippen LogP contribution in [0.5, 0.6) is 0 Å². The smallest absolute Gasteiger partial charge is 0.307 e. The standard InChI is InChI=1S/C9H17NO2/c10-6-4-9(11)12-7-5-8-2-1-3-8/h8H,1-7,10H2. The molecule has 1 rings (SSSR count). The van der Waals surface area contributed by atoms with Crippen molar-refractivity contribution in [3.63, 3.8) is 0 Å². The van der Waals surface area contributed by atoms with Crippen LogP contribution in [0.25, 0.3) is 0 Å². The maximum Gasteiger partial charge on any atom is 0.307 e. The van der Waals surface area contributed by atoms with E-state index in [4.69, 9.17) is 10.5 Å². The SMILES string of the molecule is NCCC(=O)OCCC1CCC1. The van der Waals surface area contributed by atoms with Gasteiger partial charge in [0.1, 0.15) is 0 Å². The molecule has 0 bridgehead atoms. The third-order valence-electron chi connectivity index (χ3n) is 2.36. The average Bonchev–Trinajstić information content (AvgIpc) is 1.95. The maximum absolute atomic E-state index is 10.8. The molecule has 1 aliphatic rings. The summed E-state index contributed by atoms with van der Waals surface area (Å²) in [6.07, 6.45) is 5.37. The zero-order chi connectivity index (χ0) is 8.81. The number of hydrogen-bond donors (Lipinski definition) is 1. The fraction of sp³-hybridized carbons (Fsp3) is 0.889. The first-order valence-electron chi connectivity index (χ1n) is 4.68. The largest absolute Gasteiger partial charge is 0.466 e. The third-order valence-corrected chi connectivity index (χ3v) is 2.36. The molecule has 2 N–H and O–H groups in total. The van der Waals surface area contributed by atoms with Crippen molar-refractivity contribution in [2.45, 2.75) is 32.1 Å². The van der Waals surface area contributed by atoms with Crippen molar-refractivity contribution in [1.82, 2.24) is 0 Å². The second-order valence-corrected chi connectivity index (χ2v) is 3.34. The van der Waals surface area contributed by atoms with Crippen molar-refractivity contribution in [3.8, 4) is 0 Å². The molecule has 1 fully saturated rings. The van der Waals surface area contributed by atoms with Crippen LogP contribution >= 0.6 is 0 Å². The number of nitrogens with two attached hydrogens (primary N) is 1. The first-order chi connectivity index (χ1) is 5.83. The van der Waals surface area contributed by atoms with Gasteiger partial charge in [-0.3, -0.25) is 4.79 Å². The van der Waals surface area contributed by atoms with Crippen molar-refractivity contribution < 1.29 is 9.53 Å². The fourth-order valence-electron chi connectivity index (χ4n) is 1.31. The summed E-state index contributed by atoms with van der Waals surface area (Å²) in [4.78, 5) is 10.8. The van der Waals surface area contributed by atoms with E-state index < -0.39 is 0 Å². The molecule has 0 heterocycles. The van der Waals surface area contributed by atoms with E-state index in [1.165, 1.54) is 19.3 Å². The Balaban J connectivity index is 1.90. The van der Waals surface area contributed by atoms with Gasteiger partial charge in [0, 0.05) is 6.54 Å². The lowest BCUT2D eigenvalue weighted by molar-refractivity contribution is -0.143. The van der Waals surface area contributed by atoms with Gasteiger partial charge in [-0.2, -0.15) is 0 Å². The van der Waals surface area contributed by atoms with E-state index in [-0.39, 0.29) is 5.97 Å². The molecular formula is C9H17NO2. The molecule has 0 saturated heterocycles. The van der Waals surface area contributed by atoms with Gasteiger partial charge in [-0.15, -0.1) is 0 Å². The van der Waals surface area contributed by atoms with E-state index >= 15 is 0 Å². The Morgan fingerprint density at radius 1 is 1.50 bits per heavy atom. The fourth-order valence-corrected chi connectivity index (χ4v) is 1.31. The predicted molar refractivity (Wildman–Crippen MR) is 46.6 cm³/mol. The molecule has 12 heavy (non-hydrogen) atoms. The summed E-state index contributed by atoms with van der Waals surface area (Å²) in [6.45, 7) is 0.978. The molecule has 0 aromatic carbocycles. The van der Waals surface area contributed by atoms with E-state index in [2.05, 4.69) is 0 Å². The zero-order valence-corrected chi connectivity index (χ0v) is 7.42. The van der Waals surface area contributed by atoms with Crippen LogP contribution < -0.4 is 5.73 Å². The lowest BCUT2D eigenvalue weighted by Gasteiger charge is -2.24. The Kier molecular flexibility index (Phi) is 4.08. The van der Waals surface area contributed by atoms with Gasteiger partial charge in [0.2, 0.25) is 0 Å². The molecule has 3 heteroatoms. The van der Waals surface area contributed by atoms with Crippen molar-refractivity contribution in [3.05, 3.63) is 0 Å². The highest BCUT2D eigenvalue weighted by Gasteiger charge is 2.17. The molecule has 0 unspecified atom stereocenters. The Labute approximate surface area is 73.3 Å². The van der Waals surface area contributed by atoms with Gasteiger partial charge >= 0.3 is 5.97 Å². The predicted octanol–water partition coefficient (Wildman–Crippen LogP) is 1.07. The third kappa shape index (κ3) is 3.22. The highest BCUT2D eigenvalue weighted by Crippen LogP contribution is 2.29. The van der Waals surface area contributed by atoms with Gasteiger partial charge in [0.05, 0.1) is 13.0 Å². The molecule has 0 atom stereocenters. The number of carbonyl (C=O) groups excluding carboxylic acids is 1. The first-order valence-corrected chi connectivity index (χ1v) is 4.68. The molecule has 0 aromatic heterocycles. The van der Waals surface area contributed by atoms with Gasteiger partial charge < -0.3 is 10.5 Å². The summed E-state index contributed by atoms with van der Waals surface area (Å²) in [5.74, 6) is 0.660. The second-order valence-electron chi connectivity index (χ2n) is 3.34. The van der Waals surface area contributed by atoms with Crippen LogP contribution in [0.4, 0.5) is 0 Å². The molecule has 1 aliphatic carbocycles. The van der Waals surface area contributed by atoms with Crippen LogP contribution in [-0.4, -0.2) is 19.1 Å². The molecule has 1 saturated carbocycles. The van der Waals surface area contributed by atoms with Gasteiger partial charge in [-0.25, -0.2) is 0 Å². The van der Waals surface area contributed by atoms with E-state index in [9.17, 15) is 4.79 Å². The molecule has 0 aromatic rings. The number of esters is 1. The summed E-state index contributed by atoms with van der Waals surface area (Å²) < 4.78 is 4.97. The Morgan fingerprint density at radius 2 is 2.25 bits per heavy atom. The van der Waals surface area contributed by atoms with Gasteiger partial charge in [-0.05, 0) is 12.3 Å². The highest BCUT2D eigenvalue weighted by atomic mass is 16.5. The number of rotatable bonds is 5. The second kappa shape index (κ2) is 5.14. The molecular weight excluding hydrogens is 154 g/mol. The lowest BCUT2D eigenvalue weighted by atomic mass is 9.83. The number of hydrogen-bond acceptors (Lipinski definition) is 3. The maximum atomic E-state index is 10.8. The summed E-state index contributed by atoms with van der Waals surface area (Å²) in [5, 5.41) is 0. The first kappa shape index (κ1) is 9.52. The minimum absolute atomic E-state index is 0.156. The normalized spacial score (nSPS) is 17.1. The molecule has 3 nitrogen and oxygen atoms in total. The van der Waals surface area contributed by atoms with Crippen LogP contribution in [0.3, 0.4) is 0 Å². The topological polar surface area (TPSA) is 52.3 Å². The summed E-state index contributed by atoms with van der Waals surface area (Å²) in [5.41, 5.74) is 5.20. The van der Waals surface area contributed by atoms with Crippen molar-refractivity contribution in [1.29, 1.82) is 0 Å². The minimum atomic E-state index is -0.156. The average molecular weight is 171 g/mol. The highest BCUT2D eigenvalue weighted by molar-refractivity contribution is 5.69. The number of ether oxygens (including phenoxy) is 1. The Hall–Kier alpha value is -0.570. The van der Waals surface area contributed by atoms with Gasteiger partial charge in [-0.1, -0.05) is 19.3 Å². The molecule has 0 amide bonds. The minimum Gasteiger partial charge on any atom is -0.466 e. The molecule has 0 aliphatic heterocycles. The molecule has 70 valence electrons. The van der Waals surface area contributed by atoms with Crippen molar-refractivity contribution in [2.24, 2.45) is 11.7 Å². The molecule has 0 radical (unpaired) electrons. The number of carbonyl (C=O) groups is 1. The Morgan fingerprint density at radius 3 is 2.75 bits per heavy atom. The Bertz CT molecular complexity index is 143. The monoisotopic (exact) mass is 171 g/mol. The van der Waals surface area contributed by atoms with E-state index in [1.807, 2.05) is 0 Å². The van der Waals surface area contributed by atoms with Crippen molar-refractivity contribution >= 4 is 5.97 Å². The summed E-state index contributed by atoms with van der Waals surface area (Å²) in [6, 6.07) is 0. The molecule has 0 spiro atoms. The van der Waals surface area contributed by atoms with Crippen LogP contribution in [0.2, 0.25) is 0 Å². The van der Waals surface area contributed by atoms with Crippen molar-refractivity contribution in [2.75, 3.05) is 13.2 Å². The summed E-state index contributed by atoms with van der Waals surface area (Å²) in [7, 11) is 0. The zero-order valence-electron chi connectivity index (χ0n) is 7.42. The van der Waals surface area contributed by atoms with Gasteiger partial charge in [0.25, 0.3) is 0 Å². The lowest BCUT2D eigenvalue weighted by Crippen LogP contribution is -2.16.